The molecular weight excluding hydrogens is 178 g/mol. The van der Waals surface area contributed by atoms with Crippen molar-refractivity contribution in [2.45, 2.75) is 13.0 Å². The Hall–Kier alpha value is -1.32. The molecule has 0 bridgehead atoms. The molecule has 0 aliphatic heterocycles. The van der Waals surface area contributed by atoms with Crippen LogP contribution in [0.4, 0.5) is 8.78 Å². The predicted molar refractivity (Wildman–Crippen MR) is 44.2 cm³/mol. The van der Waals surface area contributed by atoms with Gasteiger partial charge < -0.3 is 9.47 Å². The third-order valence-electron chi connectivity index (χ3n) is 1.34. The molecule has 0 saturated carbocycles. The first-order valence-corrected chi connectivity index (χ1v) is 3.72. The fourth-order valence-corrected chi connectivity index (χ4v) is 0.872. The standard InChI is InChI=1S/C9H10F2O2/c1-9(10,11)13-8-5-3-4-7(6-8)12-2/h3-6H,1-2H3. The van der Waals surface area contributed by atoms with Gasteiger partial charge in [-0.2, -0.15) is 8.78 Å². The molecular formula is C9H10F2O2. The summed E-state index contributed by atoms with van der Waals surface area (Å²) < 4.78 is 33.9. The van der Waals surface area contributed by atoms with E-state index in [1.165, 1.54) is 19.2 Å². The lowest BCUT2D eigenvalue weighted by molar-refractivity contribution is -0.159. The highest BCUT2D eigenvalue weighted by Crippen LogP contribution is 2.24. The highest BCUT2D eigenvalue weighted by molar-refractivity contribution is 5.32. The second-order valence-electron chi connectivity index (χ2n) is 2.59. The zero-order valence-electron chi connectivity index (χ0n) is 7.38. The van der Waals surface area contributed by atoms with E-state index in [1.807, 2.05) is 0 Å². The lowest BCUT2D eigenvalue weighted by Crippen LogP contribution is -2.18. The number of rotatable bonds is 3. The molecule has 2 nitrogen and oxygen atoms in total. The third kappa shape index (κ3) is 3.27. The van der Waals surface area contributed by atoms with Crippen LogP contribution in [0.1, 0.15) is 6.92 Å². The van der Waals surface area contributed by atoms with E-state index < -0.39 is 6.11 Å². The van der Waals surface area contributed by atoms with Gasteiger partial charge in [0.2, 0.25) is 0 Å². The van der Waals surface area contributed by atoms with Crippen LogP contribution in [0.3, 0.4) is 0 Å². The normalized spacial score (nSPS) is 11.1. The molecule has 4 heteroatoms. The van der Waals surface area contributed by atoms with Gasteiger partial charge in [-0.15, -0.1) is 0 Å². The van der Waals surface area contributed by atoms with Crippen LogP contribution in [-0.2, 0) is 0 Å². The molecule has 0 heterocycles. The molecule has 13 heavy (non-hydrogen) atoms. The van der Waals surface area contributed by atoms with Crippen LogP contribution in [0.25, 0.3) is 0 Å². The number of ether oxygens (including phenoxy) is 2. The van der Waals surface area contributed by atoms with Crippen molar-refractivity contribution >= 4 is 0 Å². The number of benzene rings is 1. The van der Waals surface area contributed by atoms with Crippen LogP contribution < -0.4 is 9.47 Å². The van der Waals surface area contributed by atoms with Gasteiger partial charge in [-0.25, -0.2) is 0 Å². The molecule has 0 saturated heterocycles. The second kappa shape index (κ2) is 3.60. The summed E-state index contributed by atoms with van der Waals surface area (Å²) in [6.07, 6.45) is -3.16. The molecule has 1 aromatic carbocycles. The van der Waals surface area contributed by atoms with Crippen LogP contribution in [-0.4, -0.2) is 13.2 Å². The molecule has 0 amide bonds. The smallest absolute Gasteiger partial charge is 0.394 e. The molecule has 0 unspecified atom stereocenters. The maximum Gasteiger partial charge on any atom is 0.394 e. The van der Waals surface area contributed by atoms with Crippen molar-refractivity contribution in [3.8, 4) is 11.5 Å². The average molecular weight is 188 g/mol. The van der Waals surface area contributed by atoms with Gasteiger partial charge in [-0.1, -0.05) is 6.07 Å². The minimum atomic E-state index is -3.16. The Kier molecular flexibility index (Phi) is 2.70. The van der Waals surface area contributed by atoms with Crippen LogP contribution in [0, 0.1) is 0 Å². The number of hydrogen-bond donors (Lipinski definition) is 0. The monoisotopic (exact) mass is 188 g/mol. The summed E-state index contributed by atoms with van der Waals surface area (Å²) in [5, 5.41) is 0. The first-order valence-electron chi connectivity index (χ1n) is 3.72. The molecule has 72 valence electrons. The fourth-order valence-electron chi connectivity index (χ4n) is 0.872. The zero-order valence-corrected chi connectivity index (χ0v) is 7.38. The van der Waals surface area contributed by atoms with Crippen molar-refractivity contribution in [2.75, 3.05) is 7.11 Å². The molecule has 0 aliphatic carbocycles. The van der Waals surface area contributed by atoms with E-state index >= 15 is 0 Å². The maximum absolute atomic E-state index is 12.4. The van der Waals surface area contributed by atoms with Crippen molar-refractivity contribution in [2.24, 2.45) is 0 Å². The molecule has 0 aromatic heterocycles. The van der Waals surface area contributed by atoms with Gasteiger partial charge in [-0.05, 0) is 12.1 Å². The fraction of sp³-hybridized carbons (Fsp3) is 0.333. The zero-order chi connectivity index (χ0) is 9.90. The Labute approximate surface area is 75.1 Å². The van der Waals surface area contributed by atoms with Crippen LogP contribution >= 0.6 is 0 Å². The van der Waals surface area contributed by atoms with Gasteiger partial charge in [0.25, 0.3) is 0 Å². The summed E-state index contributed by atoms with van der Waals surface area (Å²) >= 11 is 0. The van der Waals surface area contributed by atoms with Crippen LogP contribution in [0.15, 0.2) is 24.3 Å². The molecule has 1 rings (SSSR count). The van der Waals surface area contributed by atoms with E-state index in [2.05, 4.69) is 4.74 Å². The van der Waals surface area contributed by atoms with E-state index in [-0.39, 0.29) is 5.75 Å². The molecule has 0 aliphatic rings. The lowest BCUT2D eigenvalue weighted by atomic mass is 10.3. The van der Waals surface area contributed by atoms with Gasteiger partial charge in [0.15, 0.2) is 0 Å². The molecule has 0 N–H and O–H groups in total. The summed E-state index contributed by atoms with van der Waals surface area (Å²) in [6, 6.07) is 6.08. The van der Waals surface area contributed by atoms with E-state index in [0.717, 1.165) is 0 Å². The second-order valence-corrected chi connectivity index (χ2v) is 2.59. The summed E-state index contributed by atoms with van der Waals surface area (Å²) in [7, 11) is 1.46. The maximum atomic E-state index is 12.4. The van der Waals surface area contributed by atoms with Crippen molar-refractivity contribution in [3.05, 3.63) is 24.3 Å². The molecule has 0 spiro atoms. The Bertz CT molecular complexity index is 281. The summed E-state index contributed by atoms with van der Waals surface area (Å²) in [5.41, 5.74) is 0. The number of hydrogen-bond acceptors (Lipinski definition) is 2. The summed E-state index contributed by atoms with van der Waals surface area (Å²) in [6.45, 7) is 0.687. The first kappa shape index (κ1) is 9.77. The van der Waals surface area contributed by atoms with Crippen LogP contribution in [0.2, 0.25) is 0 Å². The quantitative estimate of drug-likeness (QED) is 0.726. The number of methoxy groups -OCH3 is 1. The summed E-state index contributed by atoms with van der Waals surface area (Å²) in [4.78, 5) is 0. The predicted octanol–water partition coefficient (Wildman–Crippen LogP) is 2.69. The largest absolute Gasteiger partial charge is 0.497 e. The Morgan fingerprint density at radius 2 is 1.85 bits per heavy atom. The Balaban J connectivity index is 2.78. The highest BCUT2D eigenvalue weighted by atomic mass is 19.3. The van der Waals surface area contributed by atoms with Gasteiger partial charge in [0.1, 0.15) is 11.5 Å². The number of alkyl halides is 2. The first-order chi connectivity index (χ1) is 6.01. The molecule has 0 atom stereocenters. The van der Waals surface area contributed by atoms with E-state index in [9.17, 15) is 8.78 Å². The third-order valence-corrected chi connectivity index (χ3v) is 1.34. The Morgan fingerprint density at radius 1 is 1.23 bits per heavy atom. The average Bonchev–Trinajstić information content (AvgIpc) is 2.01. The Morgan fingerprint density at radius 3 is 2.38 bits per heavy atom. The van der Waals surface area contributed by atoms with E-state index in [0.29, 0.717) is 12.7 Å². The number of halogens is 2. The van der Waals surface area contributed by atoms with E-state index in [4.69, 9.17) is 4.74 Å². The lowest BCUT2D eigenvalue weighted by Gasteiger charge is -2.13. The highest BCUT2D eigenvalue weighted by Gasteiger charge is 2.23. The van der Waals surface area contributed by atoms with Crippen LogP contribution in [0.5, 0.6) is 11.5 Å². The molecule has 0 radical (unpaired) electrons. The summed E-state index contributed by atoms with van der Waals surface area (Å²) in [5.74, 6) is 0.577. The van der Waals surface area contributed by atoms with Crippen molar-refractivity contribution in [1.82, 2.24) is 0 Å². The topological polar surface area (TPSA) is 18.5 Å². The molecule has 1 aromatic rings. The minimum Gasteiger partial charge on any atom is -0.497 e. The van der Waals surface area contributed by atoms with Gasteiger partial charge in [0.05, 0.1) is 7.11 Å². The van der Waals surface area contributed by atoms with Crippen molar-refractivity contribution < 1.29 is 18.3 Å². The van der Waals surface area contributed by atoms with Crippen molar-refractivity contribution in [1.29, 1.82) is 0 Å². The SMILES string of the molecule is COc1cccc(OC(C)(F)F)c1. The van der Waals surface area contributed by atoms with E-state index in [1.54, 1.807) is 12.1 Å². The van der Waals surface area contributed by atoms with Gasteiger partial charge >= 0.3 is 6.11 Å². The minimum absolute atomic E-state index is 0.0897. The van der Waals surface area contributed by atoms with Gasteiger partial charge in [0, 0.05) is 13.0 Å². The molecule has 0 fully saturated rings. The van der Waals surface area contributed by atoms with Crippen molar-refractivity contribution in [3.63, 3.8) is 0 Å². The van der Waals surface area contributed by atoms with Gasteiger partial charge in [-0.3, -0.25) is 0 Å².